The van der Waals surface area contributed by atoms with Gasteiger partial charge in [0, 0.05) is 43.0 Å². The van der Waals surface area contributed by atoms with Crippen LogP contribution in [0.2, 0.25) is 5.22 Å². The third-order valence-corrected chi connectivity index (χ3v) is 3.97. The minimum atomic E-state index is -0.260. The Labute approximate surface area is 116 Å². The smallest absolute Gasteiger partial charge is 0.199 e. The Morgan fingerprint density at radius 1 is 1.37 bits per heavy atom. The largest absolute Gasteiger partial charge is 0.444 e. The van der Waals surface area contributed by atoms with Crippen molar-refractivity contribution < 1.29 is 9.52 Å². The van der Waals surface area contributed by atoms with Gasteiger partial charge in [-0.2, -0.15) is 0 Å². The third-order valence-electron chi connectivity index (χ3n) is 3.66. The second kappa shape index (κ2) is 5.51. The Balaban J connectivity index is 1.66. The minimum Gasteiger partial charge on any atom is -0.444 e. The van der Waals surface area contributed by atoms with Crippen LogP contribution < -0.4 is 10.6 Å². The summed E-state index contributed by atoms with van der Waals surface area (Å²) in [5.41, 5.74) is 1.80. The van der Waals surface area contributed by atoms with Gasteiger partial charge in [0.25, 0.3) is 0 Å². The number of hydrogen-bond donors (Lipinski definition) is 3. The first-order valence-electron chi connectivity index (χ1n) is 6.51. The van der Waals surface area contributed by atoms with Crippen LogP contribution in [-0.2, 0) is 6.54 Å². The Morgan fingerprint density at radius 2 is 2.21 bits per heavy atom. The van der Waals surface area contributed by atoms with E-state index in [1.807, 2.05) is 24.3 Å². The van der Waals surface area contributed by atoms with Crippen LogP contribution >= 0.6 is 11.6 Å². The molecule has 0 amide bonds. The van der Waals surface area contributed by atoms with Gasteiger partial charge < -0.3 is 20.2 Å². The summed E-state index contributed by atoms with van der Waals surface area (Å²) in [6, 6.07) is 7.82. The summed E-state index contributed by atoms with van der Waals surface area (Å²) in [4.78, 5) is 0. The molecule has 5 heteroatoms. The topological polar surface area (TPSA) is 57.4 Å². The number of aliphatic hydroxyl groups excluding tert-OH is 1. The molecule has 2 unspecified atom stereocenters. The summed E-state index contributed by atoms with van der Waals surface area (Å²) < 4.78 is 5.51. The molecule has 0 radical (unpaired) electrons. The van der Waals surface area contributed by atoms with E-state index in [4.69, 9.17) is 16.0 Å². The maximum Gasteiger partial charge on any atom is 0.199 e. The fraction of sp³-hybridized carbons (Fsp3) is 0.429. The molecule has 1 fully saturated rings. The maximum absolute atomic E-state index is 9.73. The van der Waals surface area contributed by atoms with Crippen molar-refractivity contribution in [2.24, 2.45) is 5.92 Å². The number of benzene rings is 1. The van der Waals surface area contributed by atoms with Gasteiger partial charge in [-0.1, -0.05) is 18.2 Å². The fourth-order valence-corrected chi connectivity index (χ4v) is 2.80. The number of hydrogen-bond acceptors (Lipinski definition) is 4. The van der Waals surface area contributed by atoms with Crippen LogP contribution in [0.25, 0.3) is 11.0 Å². The van der Waals surface area contributed by atoms with Gasteiger partial charge in [0.05, 0.1) is 6.10 Å². The van der Waals surface area contributed by atoms with Gasteiger partial charge in [0.2, 0.25) is 0 Å². The molecule has 102 valence electrons. The molecule has 4 nitrogen and oxygen atoms in total. The fourth-order valence-electron chi connectivity index (χ4n) is 2.54. The standard InChI is InChI=1S/C14H17ClN2O2/c15-14-11(10-3-1-2-4-13(10)19-14)7-16-5-9-6-17-8-12(9)18/h1-4,9,12,16-18H,5-8H2. The monoisotopic (exact) mass is 280 g/mol. The highest BCUT2D eigenvalue weighted by molar-refractivity contribution is 6.30. The maximum atomic E-state index is 9.73. The Hall–Kier alpha value is -1.07. The minimum absolute atomic E-state index is 0.260. The number of furan rings is 1. The Bertz CT molecular complexity index is 570. The first kappa shape index (κ1) is 12.9. The lowest BCUT2D eigenvalue weighted by atomic mass is 10.1. The lowest BCUT2D eigenvalue weighted by Crippen LogP contribution is -2.30. The van der Waals surface area contributed by atoms with Gasteiger partial charge in [-0.15, -0.1) is 0 Å². The first-order chi connectivity index (χ1) is 9.25. The molecule has 3 N–H and O–H groups in total. The van der Waals surface area contributed by atoms with E-state index in [0.29, 0.717) is 18.3 Å². The quantitative estimate of drug-likeness (QED) is 0.799. The van der Waals surface area contributed by atoms with Crippen molar-refractivity contribution in [3.63, 3.8) is 0 Å². The number of para-hydroxylation sites is 1. The molecular weight excluding hydrogens is 264 g/mol. The molecule has 19 heavy (non-hydrogen) atoms. The second-order valence-corrected chi connectivity index (χ2v) is 5.31. The third kappa shape index (κ3) is 2.62. The number of nitrogens with one attached hydrogen (secondary N) is 2. The predicted molar refractivity (Wildman–Crippen MR) is 75.3 cm³/mol. The van der Waals surface area contributed by atoms with E-state index in [0.717, 1.165) is 29.6 Å². The van der Waals surface area contributed by atoms with Crippen LogP contribution in [0.3, 0.4) is 0 Å². The second-order valence-electron chi connectivity index (χ2n) is 4.97. The van der Waals surface area contributed by atoms with Crippen molar-refractivity contribution in [1.29, 1.82) is 0 Å². The van der Waals surface area contributed by atoms with Crippen LogP contribution in [0, 0.1) is 5.92 Å². The summed E-state index contributed by atoms with van der Waals surface area (Å²) in [6.45, 7) is 2.96. The van der Waals surface area contributed by atoms with Crippen molar-refractivity contribution in [3.8, 4) is 0 Å². The molecule has 0 bridgehead atoms. The summed E-state index contributed by atoms with van der Waals surface area (Å²) in [7, 11) is 0. The van der Waals surface area contributed by atoms with Crippen LogP contribution in [0.1, 0.15) is 5.56 Å². The highest BCUT2D eigenvalue weighted by Gasteiger charge is 2.24. The van der Waals surface area contributed by atoms with Gasteiger partial charge in [-0.25, -0.2) is 0 Å². The lowest BCUT2D eigenvalue weighted by molar-refractivity contribution is 0.146. The normalized spacial score (nSPS) is 23.3. The van der Waals surface area contributed by atoms with E-state index in [2.05, 4.69) is 10.6 Å². The average molecular weight is 281 g/mol. The van der Waals surface area contributed by atoms with Gasteiger partial charge in [0.15, 0.2) is 5.22 Å². The van der Waals surface area contributed by atoms with Gasteiger partial charge >= 0.3 is 0 Å². The van der Waals surface area contributed by atoms with Crippen LogP contribution in [0.15, 0.2) is 28.7 Å². The summed E-state index contributed by atoms with van der Waals surface area (Å²) in [6.07, 6.45) is -0.260. The molecular formula is C14H17ClN2O2. The number of β-amino-alcohol motifs (C(OH)–C–C–N with tert-alkyl or cyclic N) is 1. The molecule has 2 heterocycles. The first-order valence-corrected chi connectivity index (χ1v) is 6.89. The average Bonchev–Trinajstić information content (AvgIpc) is 2.94. The molecule has 1 aliphatic heterocycles. The van der Waals surface area contributed by atoms with E-state index in [-0.39, 0.29) is 12.0 Å². The number of fused-ring (bicyclic) bond motifs is 1. The van der Waals surface area contributed by atoms with Crippen LogP contribution in [-0.4, -0.2) is 30.8 Å². The van der Waals surface area contributed by atoms with Gasteiger partial charge in [-0.05, 0) is 17.7 Å². The van der Waals surface area contributed by atoms with E-state index in [1.54, 1.807) is 0 Å². The van der Waals surface area contributed by atoms with E-state index in [1.165, 1.54) is 0 Å². The molecule has 1 aromatic heterocycles. The van der Waals surface area contributed by atoms with Crippen molar-refractivity contribution in [2.75, 3.05) is 19.6 Å². The molecule has 0 spiro atoms. The SMILES string of the molecule is OC1CNCC1CNCc1c(Cl)oc2ccccc12. The van der Waals surface area contributed by atoms with Crippen molar-refractivity contribution in [1.82, 2.24) is 10.6 Å². The Kier molecular flexibility index (Phi) is 3.75. The Morgan fingerprint density at radius 3 is 3.00 bits per heavy atom. The summed E-state index contributed by atoms with van der Waals surface area (Å²) >= 11 is 6.12. The van der Waals surface area contributed by atoms with E-state index in [9.17, 15) is 5.11 Å². The molecule has 3 rings (SSSR count). The number of rotatable bonds is 4. The summed E-state index contributed by atoms with van der Waals surface area (Å²) in [5.74, 6) is 0.261. The zero-order valence-electron chi connectivity index (χ0n) is 10.5. The number of halogens is 1. The number of aliphatic hydroxyl groups is 1. The van der Waals surface area contributed by atoms with Crippen molar-refractivity contribution >= 4 is 22.6 Å². The highest BCUT2D eigenvalue weighted by atomic mass is 35.5. The van der Waals surface area contributed by atoms with Crippen molar-refractivity contribution in [2.45, 2.75) is 12.6 Å². The predicted octanol–water partition coefficient (Wildman–Crippen LogP) is 1.76. The van der Waals surface area contributed by atoms with E-state index >= 15 is 0 Å². The molecule has 1 aromatic carbocycles. The zero-order valence-corrected chi connectivity index (χ0v) is 11.3. The van der Waals surface area contributed by atoms with Crippen LogP contribution in [0.5, 0.6) is 0 Å². The molecule has 1 aliphatic rings. The molecule has 0 saturated carbocycles. The molecule has 0 aliphatic carbocycles. The zero-order chi connectivity index (χ0) is 13.2. The summed E-state index contributed by atoms with van der Waals surface area (Å²) in [5, 5.41) is 17.7. The van der Waals surface area contributed by atoms with Crippen molar-refractivity contribution in [3.05, 3.63) is 35.0 Å². The highest BCUT2D eigenvalue weighted by Crippen LogP contribution is 2.29. The molecule has 2 aromatic rings. The van der Waals surface area contributed by atoms with Gasteiger partial charge in [-0.3, -0.25) is 0 Å². The van der Waals surface area contributed by atoms with Gasteiger partial charge in [0.1, 0.15) is 5.58 Å². The lowest BCUT2D eigenvalue weighted by Gasteiger charge is -2.13. The van der Waals surface area contributed by atoms with E-state index < -0.39 is 0 Å². The molecule has 1 saturated heterocycles. The van der Waals surface area contributed by atoms with Crippen LogP contribution in [0.4, 0.5) is 0 Å². The molecule has 2 atom stereocenters.